The van der Waals surface area contributed by atoms with Crippen LogP contribution in [-0.2, 0) is 10.8 Å². The predicted octanol–water partition coefficient (Wildman–Crippen LogP) is 2.32. The summed E-state index contributed by atoms with van der Waals surface area (Å²) in [7, 11) is -1.09. The van der Waals surface area contributed by atoms with Crippen molar-refractivity contribution in [2.75, 3.05) is 17.3 Å². The van der Waals surface area contributed by atoms with Gasteiger partial charge in [0.25, 0.3) is 0 Å². The molecule has 6 heteroatoms. The fraction of sp³-hybridized carbons (Fsp3) is 0.133. The molecule has 0 aliphatic carbocycles. The molecule has 1 atom stereocenters. The molecule has 1 unspecified atom stereocenters. The van der Waals surface area contributed by atoms with Gasteiger partial charge in [-0.05, 0) is 24.3 Å². The van der Waals surface area contributed by atoms with E-state index in [9.17, 15) is 4.21 Å². The first-order valence-electron chi connectivity index (χ1n) is 6.55. The Morgan fingerprint density at radius 2 is 1.81 bits per heavy atom. The number of nitrogens with zero attached hydrogens (tertiary/aromatic N) is 2. The van der Waals surface area contributed by atoms with Crippen LogP contribution >= 0.6 is 0 Å². The van der Waals surface area contributed by atoms with Crippen LogP contribution in [0.1, 0.15) is 0 Å². The lowest BCUT2D eigenvalue weighted by Crippen LogP contribution is -2.34. The van der Waals surface area contributed by atoms with Gasteiger partial charge in [-0.15, -0.1) is 0 Å². The van der Waals surface area contributed by atoms with Gasteiger partial charge < -0.3 is 4.42 Å². The summed E-state index contributed by atoms with van der Waals surface area (Å²) in [5.74, 6) is 6.34. The molecule has 2 aromatic carbocycles. The zero-order chi connectivity index (χ0) is 14.7. The van der Waals surface area contributed by atoms with Crippen molar-refractivity contribution in [1.82, 2.24) is 4.98 Å². The number of aromatic nitrogens is 1. The van der Waals surface area contributed by atoms with E-state index in [1.165, 1.54) is 5.01 Å². The van der Waals surface area contributed by atoms with Gasteiger partial charge in [-0.2, -0.15) is 4.98 Å². The number of hydrazine groups is 1. The molecular formula is C15H15N3O2S. The molecule has 1 aromatic heterocycles. The molecule has 0 aliphatic heterocycles. The van der Waals surface area contributed by atoms with Crippen LogP contribution in [0.15, 0.2) is 63.9 Å². The lowest BCUT2D eigenvalue weighted by molar-refractivity contribution is 0.576. The zero-order valence-electron chi connectivity index (χ0n) is 11.3. The summed E-state index contributed by atoms with van der Waals surface area (Å²) in [4.78, 5) is 5.09. The molecule has 2 N–H and O–H groups in total. The Hall–Kier alpha value is -2.18. The van der Waals surface area contributed by atoms with Crippen molar-refractivity contribution in [2.24, 2.45) is 5.84 Å². The fourth-order valence-electron chi connectivity index (χ4n) is 1.95. The topological polar surface area (TPSA) is 72.4 Å². The molecule has 3 aromatic rings. The number of nitrogens with two attached hydrogens (primary N) is 1. The summed E-state index contributed by atoms with van der Waals surface area (Å²) in [5.41, 5.74) is 1.44. The van der Waals surface area contributed by atoms with Crippen LogP contribution in [0, 0.1) is 0 Å². The van der Waals surface area contributed by atoms with E-state index in [1.807, 2.05) is 54.6 Å². The highest BCUT2D eigenvalue weighted by Crippen LogP contribution is 2.19. The predicted molar refractivity (Wildman–Crippen MR) is 83.3 cm³/mol. The lowest BCUT2D eigenvalue weighted by atomic mass is 10.3. The van der Waals surface area contributed by atoms with Gasteiger partial charge in [-0.1, -0.05) is 30.3 Å². The molecule has 0 radical (unpaired) electrons. The Morgan fingerprint density at radius 1 is 1.10 bits per heavy atom. The molecule has 0 saturated heterocycles. The number of anilines is 1. The third-order valence-corrected chi connectivity index (χ3v) is 4.40. The monoisotopic (exact) mass is 301 g/mol. The second-order valence-corrected chi connectivity index (χ2v) is 6.09. The van der Waals surface area contributed by atoms with Crippen LogP contribution in [-0.4, -0.2) is 21.5 Å². The summed E-state index contributed by atoms with van der Waals surface area (Å²) >= 11 is 0. The molecule has 0 bridgehead atoms. The second-order valence-electron chi connectivity index (χ2n) is 4.52. The summed E-state index contributed by atoms with van der Waals surface area (Å²) < 4.78 is 17.7. The Kier molecular flexibility index (Phi) is 3.98. The number of hydrogen-bond donors (Lipinski definition) is 1. The number of rotatable bonds is 5. The van der Waals surface area contributed by atoms with Gasteiger partial charge in [0.1, 0.15) is 5.52 Å². The van der Waals surface area contributed by atoms with E-state index in [0.29, 0.717) is 23.9 Å². The molecule has 0 amide bonds. The average Bonchev–Trinajstić information content (AvgIpc) is 2.97. The largest absolute Gasteiger partial charge is 0.422 e. The lowest BCUT2D eigenvalue weighted by Gasteiger charge is -2.13. The number of hydrogen-bond acceptors (Lipinski definition) is 5. The van der Waals surface area contributed by atoms with Gasteiger partial charge in [-0.3, -0.25) is 9.22 Å². The van der Waals surface area contributed by atoms with Crippen molar-refractivity contribution in [2.45, 2.75) is 4.90 Å². The highest BCUT2D eigenvalue weighted by molar-refractivity contribution is 7.85. The standard InChI is InChI=1S/C15H15N3O2S/c16-18(10-11-21(19)12-6-2-1-3-7-12)15-17-13-8-4-5-9-14(13)20-15/h1-9H,10-11,16H2. The van der Waals surface area contributed by atoms with Crippen molar-refractivity contribution in [3.05, 3.63) is 54.6 Å². The average molecular weight is 301 g/mol. The zero-order valence-corrected chi connectivity index (χ0v) is 12.1. The van der Waals surface area contributed by atoms with E-state index in [0.717, 1.165) is 10.4 Å². The molecule has 5 nitrogen and oxygen atoms in total. The summed E-state index contributed by atoms with van der Waals surface area (Å²) in [6.45, 7) is 0.397. The van der Waals surface area contributed by atoms with Crippen LogP contribution in [0.25, 0.3) is 11.1 Å². The van der Waals surface area contributed by atoms with Crippen LogP contribution in [0.4, 0.5) is 6.01 Å². The molecule has 3 rings (SSSR count). The minimum absolute atomic E-state index is 0.335. The first kappa shape index (κ1) is 13.8. The van der Waals surface area contributed by atoms with E-state index in [4.69, 9.17) is 10.3 Å². The highest BCUT2D eigenvalue weighted by Gasteiger charge is 2.12. The summed E-state index contributed by atoms with van der Waals surface area (Å²) in [6, 6.07) is 17.1. The maximum Gasteiger partial charge on any atom is 0.313 e. The smallest absolute Gasteiger partial charge is 0.313 e. The molecule has 1 heterocycles. The second kappa shape index (κ2) is 6.07. The van der Waals surface area contributed by atoms with Gasteiger partial charge in [0.15, 0.2) is 5.58 Å². The van der Waals surface area contributed by atoms with Crippen LogP contribution in [0.3, 0.4) is 0 Å². The van der Waals surface area contributed by atoms with Gasteiger partial charge in [-0.25, -0.2) is 5.84 Å². The number of fused-ring (bicyclic) bond motifs is 1. The SMILES string of the molecule is NN(CCS(=O)c1ccccc1)c1nc2ccccc2o1. The summed E-state index contributed by atoms with van der Waals surface area (Å²) in [5, 5.41) is 1.39. The van der Waals surface area contributed by atoms with Gasteiger partial charge in [0.05, 0.1) is 17.3 Å². The Balaban J connectivity index is 1.66. The Labute approximate surface area is 124 Å². The van der Waals surface area contributed by atoms with E-state index >= 15 is 0 Å². The van der Waals surface area contributed by atoms with E-state index in [1.54, 1.807) is 0 Å². The third kappa shape index (κ3) is 3.12. The van der Waals surface area contributed by atoms with Gasteiger partial charge in [0, 0.05) is 10.6 Å². The normalized spacial score (nSPS) is 12.4. The number of benzene rings is 2. The molecular weight excluding hydrogens is 286 g/mol. The quantitative estimate of drug-likeness (QED) is 0.578. The van der Waals surface area contributed by atoms with E-state index in [-0.39, 0.29) is 0 Å². The number of para-hydroxylation sites is 2. The summed E-state index contributed by atoms with van der Waals surface area (Å²) in [6.07, 6.45) is 0. The minimum atomic E-state index is -1.09. The first-order valence-corrected chi connectivity index (χ1v) is 7.87. The molecule has 0 spiro atoms. The third-order valence-electron chi connectivity index (χ3n) is 3.05. The molecule has 108 valence electrons. The van der Waals surface area contributed by atoms with Gasteiger partial charge >= 0.3 is 6.01 Å². The van der Waals surface area contributed by atoms with Crippen molar-refractivity contribution >= 4 is 27.9 Å². The van der Waals surface area contributed by atoms with Crippen molar-refractivity contribution in [3.8, 4) is 0 Å². The molecule has 0 aliphatic rings. The maximum atomic E-state index is 12.1. The molecule has 0 fully saturated rings. The van der Waals surface area contributed by atoms with Crippen LogP contribution < -0.4 is 10.9 Å². The molecule has 21 heavy (non-hydrogen) atoms. The van der Waals surface area contributed by atoms with Crippen molar-refractivity contribution in [1.29, 1.82) is 0 Å². The van der Waals surface area contributed by atoms with Gasteiger partial charge in [0.2, 0.25) is 0 Å². The number of oxazole rings is 1. The van der Waals surface area contributed by atoms with Crippen LogP contribution in [0.5, 0.6) is 0 Å². The van der Waals surface area contributed by atoms with E-state index in [2.05, 4.69) is 4.98 Å². The first-order chi connectivity index (χ1) is 10.2. The Morgan fingerprint density at radius 3 is 2.57 bits per heavy atom. The highest BCUT2D eigenvalue weighted by atomic mass is 32.2. The molecule has 0 saturated carbocycles. The maximum absolute atomic E-state index is 12.1. The van der Waals surface area contributed by atoms with Crippen LogP contribution in [0.2, 0.25) is 0 Å². The fourth-order valence-corrected chi connectivity index (χ4v) is 3.01. The van der Waals surface area contributed by atoms with Crippen molar-refractivity contribution < 1.29 is 8.63 Å². The Bertz CT molecular complexity index is 725. The minimum Gasteiger partial charge on any atom is -0.422 e. The van der Waals surface area contributed by atoms with E-state index < -0.39 is 10.8 Å². The van der Waals surface area contributed by atoms with Crippen molar-refractivity contribution in [3.63, 3.8) is 0 Å².